The van der Waals surface area contributed by atoms with E-state index in [4.69, 9.17) is 0 Å². The molecule has 1 unspecified atom stereocenters. The fourth-order valence-electron chi connectivity index (χ4n) is 1.65. The van der Waals surface area contributed by atoms with Crippen LogP contribution in [0, 0.1) is 0 Å². The highest BCUT2D eigenvalue weighted by Crippen LogP contribution is 2.42. The highest BCUT2D eigenvalue weighted by atomic mass is 32.2. The van der Waals surface area contributed by atoms with Gasteiger partial charge in [0.1, 0.15) is 0 Å². The third-order valence-electron chi connectivity index (χ3n) is 2.89. The van der Waals surface area contributed by atoms with Gasteiger partial charge in [0.05, 0.1) is 13.2 Å². The van der Waals surface area contributed by atoms with Gasteiger partial charge in [0.2, 0.25) is 0 Å². The lowest BCUT2D eigenvalue weighted by atomic mass is 10.2. The highest BCUT2D eigenvalue weighted by molar-refractivity contribution is 7.86. The smallest absolute Gasteiger partial charge is 0.468 e. The lowest BCUT2D eigenvalue weighted by Crippen LogP contribution is -2.58. The molecule has 0 N–H and O–H groups in total. The fraction of sp³-hybridized carbons (Fsp3) is 0.833. The first kappa shape index (κ1) is 26.3. The molecule has 0 aromatic heterocycles. The molecule has 0 saturated carbocycles. The van der Waals surface area contributed by atoms with Crippen molar-refractivity contribution in [3.63, 3.8) is 0 Å². The molecule has 1 atom stereocenters. The minimum absolute atomic E-state index is 0.455. The molecule has 28 heavy (non-hydrogen) atoms. The van der Waals surface area contributed by atoms with Crippen LogP contribution in [0.1, 0.15) is 26.7 Å². The first-order valence-corrected chi connectivity index (χ1v) is 8.55. The van der Waals surface area contributed by atoms with Gasteiger partial charge in [-0.15, -0.1) is 0 Å². The number of hydrogen-bond acceptors (Lipinski definition) is 8. The number of esters is 2. The Morgan fingerprint density at radius 3 is 1.89 bits per heavy atom. The summed E-state index contributed by atoms with van der Waals surface area (Å²) in [6.07, 6.45) is -9.26. The number of carbonyl (C=O) groups excluding carboxylic acids is 2. The molecule has 0 aliphatic carbocycles. The minimum atomic E-state index is -6.78. The van der Waals surface area contributed by atoms with Gasteiger partial charge in [-0.1, -0.05) is 0 Å². The Morgan fingerprint density at radius 2 is 1.54 bits per heavy atom. The second-order valence-electron chi connectivity index (χ2n) is 5.06. The SMILES string of the molecule is CCOC(=O)C(OCCCC(F)(F)C(F)(F)S(=O)(=O)[O-])(OC(C)=O)C(F)(F)F. The summed E-state index contributed by atoms with van der Waals surface area (Å²) in [6, 6.07) is 0. The Balaban J connectivity index is 5.46. The Hall–Kier alpha value is -1.68. The normalized spacial score (nSPS) is 15.6. The summed E-state index contributed by atoms with van der Waals surface area (Å²) in [5, 5.41) is -6.04. The van der Waals surface area contributed by atoms with E-state index >= 15 is 0 Å². The van der Waals surface area contributed by atoms with Crippen LogP contribution in [0.25, 0.3) is 0 Å². The van der Waals surface area contributed by atoms with Crippen molar-refractivity contribution < 1.29 is 67.5 Å². The van der Waals surface area contributed by atoms with Gasteiger partial charge in [0.25, 0.3) is 0 Å². The third-order valence-corrected chi connectivity index (χ3v) is 3.81. The van der Waals surface area contributed by atoms with Gasteiger partial charge in [-0.3, -0.25) is 4.79 Å². The van der Waals surface area contributed by atoms with Gasteiger partial charge >= 0.3 is 35.1 Å². The summed E-state index contributed by atoms with van der Waals surface area (Å²) >= 11 is 0. The maximum atomic E-state index is 13.3. The van der Waals surface area contributed by atoms with E-state index in [9.17, 15) is 53.3 Å². The lowest BCUT2D eigenvalue weighted by molar-refractivity contribution is -0.355. The summed E-state index contributed by atoms with van der Waals surface area (Å²) in [6.45, 7) is -0.626. The van der Waals surface area contributed by atoms with Crippen molar-refractivity contribution in [3.8, 4) is 0 Å². The minimum Gasteiger partial charge on any atom is -0.743 e. The topological polar surface area (TPSA) is 119 Å². The largest absolute Gasteiger partial charge is 0.743 e. The number of ether oxygens (including phenoxy) is 3. The van der Waals surface area contributed by atoms with E-state index in [0.717, 1.165) is 6.92 Å². The average molecular weight is 451 g/mol. The van der Waals surface area contributed by atoms with Gasteiger partial charge in [0.15, 0.2) is 10.1 Å². The Bertz CT molecular complexity index is 676. The molecule has 0 bridgehead atoms. The van der Waals surface area contributed by atoms with E-state index in [-0.39, 0.29) is 0 Å². The second-order valence-corrected chi connectivity index (χ2v) is 6.48. The Morgan fingerprint density at radius 1 is 1.04 bits per heavy atom. The van der Waals surface area contributed by atoms with Crippen LogP contribution in [0.5, 0.6) is 0 Å². The standard InChI is InChI=1S/C12H15F7O8S/c1-3-25-8(21)10(11(15,16)17,27-7(2)20)26-6-4-5-9(13,14)12(18,19)28(22,23)24/h3-6H2,1-2H3,(H,22,23,24)/p-1. The molecule has 16 heteroatoms. The molecule has 0 spiro atoms. The van der Waals surface area contributed by atoms with Crippen molar-refractivity contribution in [2.24, 2.45) is 0 Å². The van der Waals surface area contributed by atoms with E-state index in [1.807, 2.05) is 0 Å². The first-order valence-electron chi connectivity index (χ1n) is 7.14. The molecule has 0 radical (unpaired) electrons. The number of halogens is 7. The zero-order valence-corrected chi connectivity index (χ0v) is 15.0. The summed E-state index contributed by atoms with van der Waals surface area (Å²) in [5.74, 6) is -13.8. The molecule has 0 aliphatic heterocycles. The number of carbonyl (C=O) groups is 2. The van der Waals surface area contributed by atoms with Crippen molar-refractivity contribution >= 4 is 22.1 Å². The van der Waals surface area contributed by atoms with Crippen molar-refractivity contribution in [1.29, 1.82) is 0 Å². The summed E-state index contributed by atoms with van der Waals surface area (Å²) < 4.78 is 135. The predicted molar refractivity (Wildman–Crippen MR) is 72.0 cm³/mol. The van der Waals surface area contributed by atoms with Gasteiger partial charge in [-0.2, -0.15) is 30.7 Å². The van der Waals surface area contributed by atoms with Crippen molar-refractivity contribution in [3.05, 3.63) is 0 Å². The molecule has 0 aromatic carbocycles. The van der Waals surface area contributed by atoms with E-state index in [0.29, 0.717) is 6.92 Å². The van der Waals surface area contributed by atoms with Crippen LogP contribution in [-0.2, 0) is 33.9 Å². The molecule has 0 amide bonds. The van der Waals surface area contributed by atoms with Gasteiger partial charge in [0, 0.05) is 13.3 Å². The quantitative estimate of drug-likeness (QED) is 0.163. The van der Waals surface area contributed by atoms with Crippen LogP contribution in [0.3, 0.4) is 0 Å². The zero-order chi connectivity index (χ0) is 22.6. The van der Waals surface area contributed by atoms with Gasteiger partial charge < -0.3 is 18.8 Å². The van der Waals surface area contributed by atoms with Crippen LogP contribution < -0.4 is 0 Å². The molecule has 0 heterocycles. The van der Waals surface area contributed by atoms with Crippen LogP contribution in [-0.4, -0.2) is 61.3 Å². The predicted octanol–water partition coefficient (Wildman–Crippen LogP) is 1.94. The van der Waals surface area contributed by atoms with Crippen molar-refractivity contribution in [2.75, 3.05) is 13.2 Å². The van der Waals surface area contributed by atoms with Crippen LogP contribution in [0.15, 0.2) is 0 Å². The number of rotatable bonds is 10. The molecule has 0 fully saturated rings. The maximum Gasteiger partial charge on any atom is 0.468 e. The lowest BCUT2D eigenvalue weighted by Gasteiger charge is -2.32. The van der Waals surface area contributed by atoms with Crippen molar-refractivity contribution in [2.45, 2.75) is 49.8 Å². The molecular weight excluding hydrogens is 437 g/mol. The molecule has 0 rings (SSSR count). The monoisotopic (exact) mass is 451 g/mol. The number of alkyl halides is 7. The fourth-order valence-corrected chi connectivity index (χ4v) is 2.12. The third kappa shape index (κ3) is 5.66. The molecule has 0 saturated heterocycles. The zero-order valence-electron chi connectivity index (χ0n) is 14.1. The Kier molecular flexibility index (Phi) is 8.25. The molecular formula is C12H14F7O8S-. The molecule has 0 aliphatic rings. The Labute approximate surface area is 153 Å². The van der Waals surface area contributed by atoms with Crippen LogP contribution in [0.4, 0.5) is 30.7 Å². The highest BCUT2D eigenvalue weighted by Gasteiger charge is 2.67. The second kappa shape index (κ2) is 8.77. The number of hydrogen-bond donors (Lipinski definition) is 0. The van der Waals surface area contributed by atoms with Crippen molar-refractivity contribution in [1.82, 2.24) is 0 Å². The maximum absolute atomic E-state index is 13.3. The molecule has 8 nitrogen and oxygen atoms in total. The summed E-state index contributed by atoms with van der Waals surface area (Å²) in [5.41, 5.74) is 0. The molecule has 166 valence electrons. The van der Waals surface area contributed by atoms with Gasteiger partial charge in [-0.05, 0) is 13.3 Å². The summed E-state index contributed by atoms with van der Waals surface area (Å²) in [4.78, 5) is 22.5. The van der Waals surface area contributed by atoms with E-state index in [1.165, 1.54) is 0 Å². The first-order chi connectivity index (χ1) is 12.4. The van der Waals surface area contributed by atoms with E-state index < -0.39 is 71.3 Å². The summed E-state index contributed by atoms with van der Waals surface area (Å²) in [7, 11) is -6.78. The van der Waals surface area contributed by atoms with E-state index in [1.54, 1.807) is 0 Å². The van der Waals surface area contributed by atoms with E-state index in [2.05, 4.69) is 14.2 Å². The van der Waals surface area contributed by atoms with Gasteiger partial charge in [-0.25, -0.2) is 13.2 Å². The van der Waals surface area contributed by atoms with Crippen LogP contribution >= 0.6 is 0 Å². The average Bonchev–Trinajstić information content (AvgIpc) is 2.47. The molecule has 0 aromatic rings. The van der Waals surface area contributed by atoms with Crippen LogP contribution in [0.2, 0.25) is 0 Å².